The molecule has 50 heavy (non-hydrogen) atoms. The van der Waals surface area contributed by atoms with E-state index in [1.807, 2.05) is 58.0 Å². The molecule has 11 nitrogen and oxygen atoms in total. The zero-order valence-electron chi connectivity index (χ0n) is 30.8. The second kappa shape index (κ2) is 16.7. The molecule has 0 heterocycles. The van der Waals surface area contributed by atoms with Crippen LogP contribution < -0.4 is 45.1 Å². The zero-order valence-corrected chi connectivity index (χ0v) is 30.8. The minimum Gasteiger partial charge on any atom is -0.493 e. The molecule has 3 N–H and O–H groups in total. The number of amides is 2. The summed E-state index contributed by atoms with van der Waals surface area (Å²) in [7, 11) is 7.83. The molecule has 0 spiro atoms. The predicted molar refractivity (Wildman–Crippen MR) is 195 cm³/mol. The Hall–Kier alpha value is -4.93. The summed E-state index contributed by atoms with van der Waals surface area (Å²) in [5.41, 5.74) is 3.84. The van der Waals surface area contributed by atoms with Crippen LogP contribution in [0.4, 0.5) is 5.69 Å². The fraction of sp³-hybridized carbons (Fsp3) is 0.462. The first kappa shape index (κ1) is 37.9. The third-order valence-corrected chi connectivity index (χ3v) is 9.45. The molecule has 270 valence electrons. The van der Waals surface area contributed by atoms with Gasteiger partial charge in [0.2, 0.25) is 23.0 Å². The molecule has 2 amide bonds. The fourth-order valence-electron chi connectivity index (χ4n) is 6.62. The minimum absolute atomic E-state index is 0.0475. The Morgan fingerprint density at radius 3 is 2.10 bits per heavy atom. The van der Waals surface area contributed by atoms with Crippen LogP contribution in [0.1, 0.15) is 76.2 Å². The normalized spacial score (nSPS) is 15.3. The molecule has 4 rings (SSSR count). The van der Waals surface area contributed by atoms with E-state index in [1.165, 1.54) is 6.92 Å². The predicted octanol–water partition coefficient (Wildman–Crippen LogP) is 6.22. The summed E-state index contributed by atoms with van der Waals surface area (Å²) < 4.78 is 28.2. The number of methoxy groups -OCH3 is 5. The van der Waals surface area contributed by atoms with E-state index in [4.69, 9.17) is 23.7 Å². The first-order valence-corrected chi connectivity index (χ1v) is 17.0. The van der Waals surface area contributed by atoms with Gasteiger partial charge in [0, 0.05) is 12.5 Å². The molecule has 0 saturated carbocycles. The molecule has 3 aromatic rings. The first-order chi connectivity index (χ1) is 23.9. The van der Waals surface area contributed by atoms with E-state index >= 15 is 0 Å². The average molecular weight is 690 g/mol. The number of aryl methyl sites for hydroxylation is 1. The van der Waals surface area contributed by atoms with E-state index in [0.717, 1.165) is 16.7 Å². The Morgan fingerprint density at radius 1 is 0.840 bits per heavy atom. The van der Waals surface area contributed by atoms with Crippen LogP contribution in [0.3, 0.4) is 0 Å². The molecule has 0 fully saturated rings. The molecular formula is C39H51N3O8. The Labute approximate surface area is 295 Å². The largest absolute Gasteiger partial charge is 0.493 e. The van der Waals surface area contributed by atoms with Crippen molar-refractivity contribution in [2.24, 2.45) is 11.8 Å². The summed E-state index contributed by atoms with van der Waals surface area (Å²) in [5, 5.41) is 9.58. The lowest BCUT2D eigenvalue weighted by Crippen LogP contribution is -2.46. The van der Waals surface area contributed by atoms with Gasteiger partial charge in [-0.1, -0.05) is 46.2 Å². The fourth-order valence-corrected chi connectivity index (χ4v) is 6.62. The van der Waals surface area contributed by atoms with Crippen molar-refractivity contribution in [3.63, 3.8) is 0 Å². The summed E-state index contributed by atoms with van der Waals surface area (Å²) in [4.78, 5) is 40.6. The molecular weight excluding hydrogens is 638 g/mol. The van der Waals surface area contributed by atoms with Gasteiger partial charge in [0.25, 0.3) is 0 Å². The van der Waals surface area contributed by atoms with Crippen molar-refractivity contribution < 1.29 is 33.3 Å². The molecule has 3 aromatic carbocycles. The minimum atomic E-state index is -0.728. The van der Waals surface area contributed by atoms with Gasteiger partial charge in [0.05, 0.1) is 53.3 Å². The Balaban J connectivity index is 1.82. The lowest BCUT2D eigenvalue weighted by molar-refractivity contribution is -0.124. The molecule has 0 bridgehead atoms. The summed E-state index contributed by atoms with van der Waals surface area (Å²) in [5.74, 6) is 2.05. The third-order valence-electron chi connectivity index (χ3n) is 9.45. The van der Waals surface area contributed by atoms with Crippen molar-refractivity contribution in [1.82, 2.24) is 10.6 Å². The van der Waals surface area contributed by atoms with Crippen molar-refractivity contribution >= 4 is 17.5 Å². The zero-order chi connectivity index (χ0) is 36.7. The van der Waals surface area contributed by atoms with Gasteiger partial charge in [-0.25, -0.2) is 0 Å². The second-order valence-electron chi connectivity index (χ2n) is 12.9. The highest BCUT2D eigenvalue weighted by Gasteiger charge is 2.31. The van der Waals surface area contributed by atoms with Gasteiger partial charge in [-0.2, -0.15) is 0 Å². The molecule has 4 atom stereocenters. The average Bonchev–Trinajstić information content (AvgIpc) is 3.35. The third kappa shape index (κ3) is 7.93. The lowest BCUT2D eigenvalue weighted by Gasteiger charge is -2.29. The van der Waals surface area contributed by atoms with Gasteiger partial charge < -0.3 is 39.6 Å². The Kier molecular flexibility index (Phi) is 12.6. The Morgan fingerprint density at radius 2 is 1.52 bits per heavy atom. The van der Waals surface area contributed by atoms with Gasteiger partial charge in [-0.3, -0.25) is 14.4 Å². The highest BCUT2D eigenvalue weighted by Crippen LogP contribution is 2.50. The number of anilines is 1. The van der Waals surface area contributed by atoms with E-state index in [9.17, 15) is 14.4 Å². The SMILES string of the molecule is CC[C@H](C)[C@@H](Nc1ccc2c(cc1=O)[C@H](NC(C)=O)CCc1cc(OC)c(OC)c(OC)c1-2)C(=O)NC(c1ccc(OC)c(OC)c1)C(C)C. The summed E-state index contributed by atoms with van der Waals surface area (Å²) in [6.45, 7) is 9.52. The van der Waals surface area contributed by atoms with Crippen LogP contribution >= 0.6 is 0 Å². The standard InChI is InChI=1S/C39H51N3O8/c1-11-22(4)36(39(45)42-35(21(2)3)25-13-17-31(46-6)32(19-25)47-7)41-29-16-14-26-27(20-30(29)44)28(40-23(5)43)15-12-24-18-33(48-8)37(49-9)38(50-10)34(24)26/h13-14,16-22,28,35-36H,11-12,15H2,1-10H3,(H,40,43)(H,41,44)(H,42,45)/t22-,28+,35?,36+/m0/s1. The van der Waals surface area contributed by atoms with E-state index < -0.39 is 12.1 Å². The quantitative estimate of drug-likeness (QED) is 0.180. The number of nitrogens with one attached hydrogen (secondary N) is 3. The van der Waals surface area contributed by atoms with Crippen molar-refractivity contribution in [1.29, 1.82) is 0 Å². The smallest absolute Gasteiger partial charge is 0.243 e. The van der Waals surface area contributed by atoms with Gasteiger partial charge in [0.1, 0.15) is 6.04 Å². The van der Waals surface area contributed by atoms with Crippen LogP contribution in [0, 0.1) is 11.8 Å². The molecule has 1 aliphatic rings. The number of hydrogen-bond donors (Lipinski definition) is 3. The molecule has 0 aromatic heterocycles. The monoisotopic (exact) mass is 689 g/mol. The molecule has 11 heteroatoms. The van der Waals surface area contributed by atoms with Crippen LogP contribution in [-0.2, 0) is 16.0 Å². The van der Waals surface area contributed by atoms with Gasteiger partial charge in [-0.05, 0) is 77.3 Å². The van der Waals surface area contributed by atoms with Gasteiger partial charge in [0.15, 0.2) is 23.0 Å². The highest BCUT2D eigenvalue weighted by molar-refractivity contribution is 5.86. The molecule has 0 radical (unpaired) electrons. The second-order valence-corrected chi connectivity index (χ2v) is 12.9. The van der Waals surface area contributed by atoms with Crippen molar-refractivity contribution in [2.75, 3.05) is 40.9 Å². The number of ether oxygens (including phenoxy) is 5. The molecule has 1 aliphatic carbocycles. The maximum Gasteiger partial charge on any atom is 0.243 e. The number of rotatable bonds is 14. The summed E-state index contributed by atoms with van der Waals surface area (Å²) in [6.07, 6.45) is 1.81. The van der Waals surface area contributed by atoms with E-state index in [1.54, 1.807) is 47.7 Å². The van der Waals surface area contributed by atoms with E-state index in [-0.39, 0.29) is 40.8 Å². The summed E-state index contributed by atoms with van der Waals surface area (Å²) in [6, 6.07) is 11.1. The number of fused-ring (bicyclic) bond motifs is 3. The maximum atomic E-state index is 14.1. The van der Waals surface area contributed by atoms with Gasteiger partial charge in [-0.15, -0.1) is 0 Å². The van der Waals surface area contributed by atoms with Crippen molar-refractivity contribution in [2.45, 2.75) is 72.0 Å². The van der Waals surface area contributed by atoms with E-state index in [2.05, 4.69) is 16.0 Å². The first-order valence-electron chi connectivity index (χ1n) is 17.0. The molecule has 1 unspecified atom stereocenters. The van der Waals surface area contributed by atoms with E-state index in [0.29, 0.717) is 59.1 Å². The highest BCUT2D eigenvalue weighted by atomic mass is 16.5. The number of hydrogen-bond acceptors (Lipinski definition) is 9. The van der Waals surface area contributed by atoms with Crippen molar-refractivity contribution in [3.05, 3.63) is 69.4 Å². The Bertz CT molecular complexity index is 1760. The maximum absolute atomic E-state index is 14.1. The number of benzene rings is 2. The summed E-state index contributed by atoms with van der Waals surface area (Å²) >= 11 is 0. The number of carbonyl (C=O) groups is 2. The van der Waals surface area contributed by atoms with Crippen molar-refractivity contribution in [3.8, 4) is 39.9 Å². The molecule has 0 saturated heterocycles. The van der Waals surface area contributed by atoms with Crippen LogP contribution in [0.5, 0.6) is 28.7 Å². The van der Waals surface area contributed by atoms with Gasteiger partial charge >= 0.3 is 0 Å². The molecule has 0 aliphatic heterocycles. The van der Waals surface area contributed by atoms with Crippen LogP contribution in [0.15, 0.2) is 47.3 Å². The lowest BCUT2D eigenvalue weighted by atomic mass is 9.93. The van der Waals surface area contributed by atoms with Crippen LogP contribution in [-0.4, -0.2) is 53.4 Å². The van der Waals surface area contributed by atoms with Crippen LogP contribution in [0.2, 0.25) is 0 Å². The number of carbonyl (C=O) groups excluding carboxylic acids is 2. The topological polar surface area (TPSA) is 133 Å². The van der Waals surface area contributed by atoms with Crippen LogP contribution in [0.25, 0.3) is 11.1 Å².